The molecule has 0 saturated heterocycles. The van der Waals surface area contributed by atoms with Crippen LogP contribution in [0.4, 0.5) is 5.82 Å². The molecule has 2 aliphatic rings. The van der Waals surface area contributed by atoms with Gasteiger partial charge in [0.2, 0.25) is 5.88 Å². The summed E-state index contributed by atoms with van der Waals surface area (Å²) in [7, 11) is 2.04. The lowest BCUT2D eigenvalue weighted by molar-refractivity contribution is 0.231. The molecule has 2 aromatic rings. The molecule has 1 aliphatic heterocycles. The average Bonchev–Trinajstić information content (AvgIpc) is 2.87. The largest absolute Gasteiger partial charge is 0.473 e. The molecule has 1 fully saturated rings. The predicted octanol–water partition coefficient (Wildman–Crippen LogP) is 2.07. The second-order valence-electron chi connectivity index (χ2n) is 6.56. The van der Waals surface area contributed by atoms with E-state index in [1.165, 1.54) is 6.42 Å². The zero-order valence-electron chi connectivity index (χ0n) is 13.5. The molecule has 1 aromatic carbocycles. The van der Waals surface area contributed by atoms with E-state index < -0.39 is 0 Å². The van der Waals surface area contributed by atoms with Crippen LogP contribution in [-0.2, 0) is 13.2 Å². The molecule has 0 amide bonds. The number of hydrogen-bond acceptors (Lipinski definition) is 5. The van der Waals surface area contributed by atoms with Crippen molar-refractivity contribution >= 4 is 5.82 Å². The number of fused-ring (bicyclic) bond motifs is 1. The van der Waals surface area contributed by atoms with Crippen LogP contribution in [0.3, 0.4) is 0 Å². The van der Waals surface area contributed by atoms with E-state index in [9.17, 15) is 4.79 Å². The Hall–Kier alpha value is -2.81. The highest BCUT2D eigenvalue weighted by atomic mass is 16.5. The third-order valence-corrected chi connectivity index (χ3v) is 5.23. The van der Waals surface area contributed by atoms with E-state index in [1.54, 1.807) is 16.7 Å². The lowest BCUT2D eigenvalue weighted by Gasteiger charge is -2.44. The van der Waals surface area contributed by atoms with Crippen molar-refractivity contribution in [2.75, 3.05) is 11.9 Å². The number of nitrogens with zero attached hydrogens (tertiary/aromatic N) is 4. The van der Waals surface area contributed by atoms with E-state index in [1.807, 2.05) is 25.2 Å². The van der Waals surface area contributed by atoms with Crippen LogP contribution in [0.1, 0.15) is 30.4 Å². The highest BCUT2D eigenvalue weighted by Crippen LogP contribution is 2.45. The Morgan fingerprint density at radius 2 is 2.08 bits per heavy atom. The second kappa shape index (κ2) is 5.38. The van der Waals surface area contributed by atoms with Crippen molar-refractivity contribution in [3.05, 3.63) is 51.9 Å². The van der Waals surface area contributed by atoms with Gasteiger partial charge in [-0.3, -0.25) is 4.57 Å². The van der Waals surface area contributed by atoms with Gasteiger partial charge >= 0.3 is 5.69 Å². The van der Waals surface area contributed by atoms with Crippen LogP contribution in [0.2, 0.25) is 0 Å². The van der Waals surface area contributed by atoms with Crippen LogP contribution in [-0.4, -0.2) is 22.1 Å². The average molecular weight is 322 g/mol. The molecule has 122 valence electrons. The maximum atomic E-state index is 12.3. The molecule has 0 radical (unpaired) electrons. The van der Waals surface area contributed by atoms with E-state index in [2.05, 4.69) is 16.0 Å². The topological polar surface area (TPSA) is 71.2 Å². The normalized spacial score (nSPS) is 17.2. The molecule has 1 aliphatic carbocycles. The highest BCUT2D eigenvalue weighted by Gasteiger charge is 2.47. The quantitative estimate of drug-likeness (QED) is 0.865. The fourth-order valence-electron chi connectivity index (χ4n) is 3.53. The van der Waals surface area contributed by atoms with E-state index in [0.29, 0.717) is 18.1 Å². The van der Waals surface area contributed by atoms with Gasteiger partial charge in [0, 0.05) is 13.1 Å². The first kappa shape index (κ1) is 14.8. The molecule has 6 nitrogen and oxygen atoms in total. The summed E-state index contributed by atoms with van der Waals surface area (Å²) < 4.78 is 7.45. The molecule has 0 unspecified atom stereocenters. The van der Waals surface area contributed by atoms with Gasteiger partial charge in [0.1, 0.15) is 12.4 Å². The number of rotatable bonds is 3. The number of aromatic nitrogens is 2. The van der Waals surface area contributed by atoms with Gasteiger partial charge in [-0.2, -0.15) is 10.2 Å². The number of ether oxygens (including phenoxy) is 1. The van der Waals surface area contributed by atoms with Crippen molar-refractivity contribution in [2.45, 2.75) is 38.0 Å². The van der Waals surface area contributed by atoms with Crippen LogP contribution in [0, 0.1) is 11.3 Å². The summed E-state index contributed by atoms with van der Waals surface area (Å²) in [4.78, 5) is 18.6. The van der Waals surface area contributed by atoms with Crippen molar-refractivity contribution in [3.8, 4) is 11.9 Å². The van der Waals surface area contributed by atoms with E-state index in [0.717, 1.165) is 30.8 Å². The lowest BCUT2D eigenvalue weighted by atomic mass is 9.76. The van der Waals surface area contributed by atoms with E-state index in [-0.39, 0.29) is 11.2 Å². The van der Waals surface area contributed by atoms with Crippen molar-refractivity contribution < 1.29 is 4.74 Å². The smallest absolute Gasteiger partial charge is 0.352 e. The van der Waals surface area contributed by atoms with Gasteiger partial charge in [0.05, 0.1) is 23.7 Å². The van der Waals surface area contributed by atoms with Gasteiger partial charge in [-0.25, -0.2) is 4.79 Å². The minimum atomic E-state index is -0.252. The minimum absolute atomic E-state index is 0.0968. The fraction of sp³-hybridized carbons (Fsp3) is 0.389. The zero-order chi connectivity index (χ0) is 16.7. The van der Waals surface area contributed by atoms with Crippen LogP contribution in [0.25, 0.3) is 0 Å². The highest BCUT2D eigenvalue weighted by molar-refractivity contribution is 5.49. The summed E-state index contributed by atoms with van der Waals surface area (Å²) in [5, 5.41) is 8.82. The van der Waals surface area contributed by atoms with Crippen molar-refractivity contribution in [3.63, 3.8) is 0 Å². The monoisotopic (exact) mass is 322 g/mol. The van der Waals surface area contributed by atoms with Gasteiger partial charge in [-0.15, -0.1) is 0 Å². The van der Waals surface area contributed by atoms with Gasteiger partial charge in [-0.05, 0) is 37.0 Å². The van der Waals surface area contributed by atoms with Gasteiger partial charge in [-0.1, -0.05) is 12.1 Å². The third kappa shape index (κ3) is 2.24. The first-order valence-corrected chi connectivity index (χ1v) is 8.09. The van der Waals surface area contributed by atoms with Gasteiger partial charge in [0.15, 0.2) is 0 Å². The number of anilines is 1. The predicted molar refractivity (Wildman–Crippen MR) is 89.0 cm³/mol. The first-order chi connectivity index (χ1) is 11.6. The Morgan fingerprint density at radius 1 is 1.33 bits per heavy atom. The zero-order valence-corrected chi connectivity index (χ0v) is 13.5. The molecule has 0 N–H and O–H groups in total. The summed E-state index contributed by atoms with van der Waals surface area (Å²) >= 11 is 0. The first-order valence-electron chi connectivity index (χ1n) is 8.09. The second-order valence-corrected chi connectivity index (χ2v) is 6.56. The molecule has 1 spiro atoms. The lowest BCUT2D eigenvalue weighted by Crippen LogP contribution is -2.50. The van der Waals surface area contributed by atoms with Crippen LogP contribution in [0.15, 0.2) is 35.1 Å². The number of hydrogen-bond donors (Lipinski definition) is 0. The Balaban J connectivity index is 1.54. The molecule has 24 heavy (non-hydrogen) atoms. The summed E-state index contributed by atoms with van der Waals surface area (Å²) in [6, 6.07) is 11.1. The molecular weight excluding hydrogens is 304 g/mol. The van der Waals surface area contributed by atoms with Crippen molar-refractivity contribution in [2.24, 2.45) is 0 Å². The van der Waals surface area contributed by atoms with Crippen LogP contribution in [0.5, 0.6) is 5.88 Å². The third-order valence-electron chi connectivity index (χ3n) is 5.23. The van der Waals surface area contributed by atoms with Crippen LogP contribution < -0.4 is 15.3 Å². The summed E-state index contributed by atoms with van der Waals surface area (Å²) in [5.41, 5.74) is 1.39. The molecule has 6 heteroatoms. The maximum absolute atomic E-state index is 12.3. The molecule has 0 bridgehead atoms. The van der Waals surface area contributed by atoms with Gasteiger partial charge < -0.3 is 9.64 Å². The Labute approximate surface area is 139 Å². The van der Waals surface area contributed by atoms with Gasteiger partial charge in [0.25, 0.3) is 0 Å². The van der Waals surface area contributed by atoms with Crippen molar-refractivity contribution in [1.82, 2.24) is 9.55 Å². The van der Waals surface area contributed by atoms with Crippen LogP contribution >= 0.6 is 0 Å². The summed E-state index contributed by atoms with van der Waals surface area (Å²) in [6.45, 7) is 1.04. The Kier molecular flexibility index (Phi) is 3.31. The molecule has 1 aromatic heterocycles. The summed E-state index contributed by atoms with van der Waals surface area (Å²) in [5.74, 6) is 1.23. The molecule has 0 atom stereocenters. The maximum Gasteiger partial charge on any atom is 0.352 e. The summed E-state index contributed by atoms with van der Waals surface area (Å²) in [6.07, 6.45) is 3.45. The molecular formula is C18H18N4O2. The number of nitriles is 1. The Bertz CT molecular complexity index is 875. The van der Waals surface area contributed by atoms with E-state index in [4.69, 9.17) is 10.00 Å². The number of benzene rings is 1. The SMILES string of the molecule is CN1c2cc(OCc3ccc(C#N)cc3)nc(=O)n2CC12CCC2. The fourth-order valence-corrected chi connectivity index (χ4v) is 3.53. The standard InChI is InChI=1S/C18H18N4O2/c1-21-16-9-15(24-11-14-5-3-13(10-19)4-6-14)20-17(23)22(16)12-18(21)7-2-8-18/h3-6,9H,2,7-8,11-12H2,1H3. The molecule has 1 saturated carbocycles. The molecule has 2 heterocycles. The molecule has 4 rings (SSSR count). The Morgan fingerprint density at radius 3 is 2.71 bits per heavy atom. The van der Waals surface area contributed by atoms with E-state index >= 15 is 0 Å². The minimum Gasteiger partial charge on any atom is -0.473 e. The van der Waals surface area contributed by atoms with Crippen molar-refractivity contribution in [1.29, 1.82) is 5.26 Å². The number of likely N-dealkylation sites (N-methyl/N-ethyl adjacent to an activating group) is 1.